The number of nitriles is 1. The lowest BCUT2D eigenvalue weighted by Gasteiger charge is -2.36. The van der Waals surface area contributed by atoms with Gasteiger partial charge < -0.3 is 4.74 Å². The molecule has 0 aliphatic carbocycles. The van der Waals surface area contributed by atoms with Crippen molar-refractivity contribution >= 4 is 27.3 Å². The predicted octanol–water partition coefficient (Wildman–Crippen LogP) is 3.84. The molecule has 0 saturated heterocycles. The second kappa shape index (κ2) is 6.11. The summed E-state index contributed by atoms with van der Waals surface area (Å²) in [7, 11) is 0. The lowest BCUT2D eigenvalue weighted by atomic mass is 9.90. The van der Waals surface area contributed by atoms with Gasteiger partial charge in [-0.15, -0.1) is 0 Å². The summed E-state index contributed by atoms with van der Waals surface area (Å²) in [6, 6.07) is 8.13. The molecule has 0 fully saturated rings. The molecule has 1 aliphatic rings. The molecular weight excluding hydrogens is 402 g/mol. The van der Waals surface area contributed by atoms with Crippen molar-refractivity contribution in [3.05, 3.63) is 72.1 Å². The summed E-state index contributed by atoms with van der Waals surface area (Å²) in [6.07, 6.45) is 1.48. The van der Waals surface area contributed by atoms with Gasteiger partial charge in [0.15, 0.2) is 0 Å². The molecule has 0 saturated carbocycles. The number of nitro groups is 1. The highest BCUT2D eigenvalue weighted by Crippen LogP contribution is 2.41. The van der Waals surface area contributed by atoms with Gasteiger partial charge in [-0.25, -0.2) is 0 Å². The summed E-state index contributed by atoms with van der Waals surface area (Å²) >= 11 is 3.23. The fourth-order valence-corrected chi connectivity index (χ4v) is 3.28. The van der Waals surface area contributed by atoms with Crippen molar-refractivity contribution in [1.29, 1.82) is 5.26 Å². The van der Waals surface area contributed by atoms with Crippen LogP contribution >= 0.6 is 15.9 Å². The minimum absolute atomic E-state index is 0.395. The largest absolute Gasteiger partial charge is 0.483 e. The standard InChI is InChI=1S/C18H14BrN3O4/c1-10-16(21-9-12(19)7-14(17(21)23)22(24)25)13-6-11(8-20)4-5-15(13)26-18(10,2)3/h4-7,9H,1-3H3. The maximum atomic E-state index is 12.7. The van der Waals surface area contributed by atoms with Gasteiger partial charge in [-0.1, -0.05) is 0 Å². The molecule has 1 aliphatic heterocycles. The molecule has 1 aromatic heterocycles. The molecule has 132 valence electrons. The first-order chi connectivity index (χ1) is 12.2. The quantitative estimate of drug-likeness (QED) is 0.547. The molecule has 0 spiro atoms. The molecule has 7 nitrogen and oxygen atoms in total. The average molecular weight is 416 g/mol. The zero-order chi connectivity index (χ0) is 19.2. The van der Waals surface area contributed by atoms with E-state index < -0.39 is 21.8 Å². The summed E-state index contributed by atoms with van der Waals surface area (Å²) in [6.45, 7) is 5.50. The molecule has 8 heteroatoms. The van der Waals surface area contributed by atoms with Crippen molar-refractivity contribution in [2.75, 3.05) is 0 Å². The van der Waals surface area contributed by atoms with E-state index in [1.807, 2.05) is 13.8 Å². The first-order valence-corrected chi connectivity index (χ1v) is 8.47. The van der Waals surface area contributed by atoms with Gasteiger partial charge in [-0.2, -0.15) is 5.26 Å². The fourth-order valence-electron chi connectivity index (χ4n) is 2.85. The van der Waals surface area contributed by atoms with Crippen LogP contribution < -0.4 is 10.3 Å². The molecule has 1 aromatic carbocycles. The van der Waals surface area contributed by atoms with E-state index in [9.17, 15) is 20.2 Å². The van der Waals surface area contributed by atoms with Crippen LogP contribution in [0.25, 0.3) is 5.70 Å². The van der Waals surface area contributed by atoms with E-state index in [0.717, 1.165) is 5.57 Å². The van der Waals surface area contributed by atoms with E-state index in [2.05, 4.69) is 22.0 Å². The minimum atomic E-state index is -0.751. The molecule has 26 heavy (non-hydrogen) atoms. The molecular formula is C18H14BrN3O4. The second-order valence-electron chi connectivity index (χ2n) is 6.38. The smallest absolute Gasteiger partial charge is 0.335 e. The first-order valence-electron chi connectivity index (χ1n) is 7.67. The Morgan fingerprint density at radius 1 is 1.35 bits per heavy atom. The lowest BCUT2D eigenvalue weighted by molar-refractivity contribution is -0.386. The third-order valence-electron chi connectivity index (χ3n) is 4.39. The summed E-state index contributed by atoms with van der Waals surface area (Å²) in [5.41, 5.74) is 0.107. The van der Waals surface area contributed by atoms with Crippen molar-refractivity contribution in [2.24, 2.45) is 0 Å². The molecule has 0 atom stereocenters. The molecule has 3 rings (SSSR count). The van der Waals surface area contributed by atoms with Crippen molar-refractivity contribution in [3.8, 4) is 11.8 Å². The van der Waals surface area contributed by atoms with E-state index >= 15 is 0 Å². The van der Waals surface area contributed by atoms with Crippen LogP contribution in [0.2, 0.25) is 0 Å². The Hall–Kier alpha value is -2.92. The Balaban J connectivity index is 2.42. The summed E-state index contributed by atoms with van der Waals surface area (Å²) in [5, 5.41) is 20.5. The predicted molar refractivity (Wildman–Crippen MR) is 98.9 cm³/mol. The highest BCUT2D eigenvalue weighted by atomic mass is 79.9. The van der Waals surface area contributed by atoms with Crippen LogP contribution in [0, 0.1) is 21.4 Å². The average Bonchev–Trinajstić information content (AvgIpc) is 2.57. The Kier molecular flexibility index (Phi) is 4.20. The molecule has 0 unspecified atom stereocenters. The number of nitrogens with zero attached hydrogens (tertiary/aromatic N) is 3. The monoisotopic (exact) mass is 415 g/mol. The number of aromatic nitrogens is 1. The van der Waals surface area contributed by atoms with E-state index in [0.29, 0.717) is 27.0 Å². The maximum Gasteiger partial charge on any atom is 0.335 e. The molecule has 0 bridgehead atoms. The Bertz CT molecular complexity index is 1080. The van der Waals surface area contributed by atoms with E-state index in [1.54, 1.807) is 25.1 Å². The maximum absolute atomic E-state index is 12.7. The third-order valence-corrected chi connectivity index (χ3v) is 4.82. The topological polar surface area (TPSA) is 98.2 Å². The lowest BCUT2D eigenvalue weighted by Crippen LogP contribution is -2.36. The molecule has 2 aromatic rings. The molecule has 0 amide bonds. The summed E-state index contributed by atoms with van der Waals surface area (Å²) < 4.78 is 7.64. The SMILES string of the molecule is CC1=C(n2cc(Br)cc([N+](=O)[O-])c2=O)c2cc(C#N)ccc2OC1(C)C. The number of halogens is 1. The van der Waals surface area contributed by atoms with Crippen molar-refractivity contribution in [2.45, 2.75) is 26.4 Å². The van der Waals surface area contributed by atoms with Gasteiger partial charge in [0.1, 0.15) is 11.4 Å². The van der Waals surface area contributed by atoms with Crippen molar-refractivity contribution in [1.82, 2.24) is 4.57 Å². The van der Waals surface area contributed by atoms with Crippen LogP contribution in [0.3, 0.4) is 0 Å². The van der Waals surface area contributed by atoms with Crippen LogP contribution in [0.5, 0.6) is 5.75 Å². The summed E-state index contributed by atoms with van der Waals surface area (Å²) in [5.74, 6) is 0.504. The highest BCUT2D eigenvalue weighted by Gasteiger charge is 2.34. The zero-order valence-electron chi connectivity index (χ0n) is 14.2. The van der Waals surface area contributed by atoms with E-state index in [1.165, 1.54) is 16.8 Å². The van der Waals surface area contributed by atoms with Gasteiger partial charge in [0, 0.05) is 22.3 Å². The minimum Gasteiger partial charge on any atom is -0.483 e. The Labute approximate surface area is 157 Å². The van der Waals surface area contributed by atoms with E-state index in [-0.39, 0.29) is 0 Å². The number of pyridine rings is 1. The number of ether oxygens (including phenoxy) is 1. The van der Waals surface area contributed by atoms with Gasteiger partial charge in [0.2, 0.25) is 0 Å². The second-order valence-corrected chi connectivity index (χ2v) is 7.30. The van der Waals surface area contributed by atoms with Gasteiger partial charge >= 0.3 is 11.2 Å². The van der Waals surface area contributed by atoms with Crippen LogP contribution in [-0.2, 0) is 0 Å². The van der Waals surface area contributed by atoms with Gasteiger partial charge in [-0.3, -0.25) is 19.5 Å². The molecule has 0 N–H and O–H groups in total. The zero-order valence-corrected chi connectivity index (χ0v) is 15.8. The number of hydrogen-bond donors (Lipinski definition) is 0. The van der Waals surface area contributed by atoms with Crippen molar-refractivity contribution < 1.29 is 9.66 Å². The highest BCUT2D eigenvalue weighted by molar-refractivity contribution is 9.10. The fraction of sp³-hybridized carbons (Fsp3) is 0.222. The van der Waals surface area contributed by atoms with Crippen LogP contribution in [-0.4, -0.2) is 15.1 Å². The molecule has 2 heterocycles. The van der Waals surface area contributed by atoms with Gasteiger partial charge in [-0.05, 0) is 60.5 Å². The van der Waals surface area contributed by atoms with Crippen molar-refractivity contribution in [3.63, 3.8) is 0 Å². The Morgan fingerprint density at radius 3 is 2.65 bits per heavy atom. The van der Waals surface area contributed by atoms with Gasteiger partial charge in [0.05, 0.1) is 22.3 Å². The molecule has 0 radical (unpaired) electrons. The van der Waals surface area contributed by atoms with Crippen LogP contribution in [0.15, 0.2) is 45.3 Å². The van der Waals surface area contributed by atoms with Crippen LogP contribution in [0.1, 0.15) is 31.9 Å². The Morgan fingerprint density at radius 2 is 2.04 bits per heavy atom. The number of benzene rings is 1. The van der Waals surface area contributed by atoms with Gasteiger partial charge in [0.25, 0.3) is 0 Å². The number of hydrogen-bond acceptors (Lipinski definition) is 5. The van der Waals surface area contributed by atoms with E-state index in [4.69, 9.17) is 4.74 Å². The number of rotatable bonds is 2. The van der Waals surface area contributed by atoms with Crippen LogP contribution in [0.4, 0.5) is 5.69 Å². The number of fused-ring (bicyclic) bond motifs is 1. The first kappa shape index (κ1) is 17.9. The normalized spacial score (nSPS) is 15.0. The summed E-state index contributed by atoms with van der Waals surface area (Å²) in [4.78, 5) is 23.3. The third kappa shape index (κ3) is 2.80.